The van der Waals surface area contributed by atoms with Crippen LogP contribution >= 0.6 is 0 Å². The van der Waals surface area contributed by atoms with Gasteiger partial charge in [-0.3, -0.25) is 9.48 Å². The maximum absolute atomic E-state index is 10.1. The molecule has 0 bridgehead atoms. The summed E-state index contributed by atoms with van der Waals surface area (Å²) in [4.78, 5) is 14.0. The number of carbonyl (C=O) groups excluding carboxylic acids is 1. The number of allylic oxidation sites excluding steroid dienone is 5. The third-order valence-corrected chi connectivity index (χ3v) is 4.37. The fourth-order valence-corrected chi connectivity index (χ4v) is 2.73. The van der Waals surface area contributed by atoms with Crippen LogP contribution in [0, 0.1) is 0 Å². The number of aldehydes is 1. The Morgan fingerprint density at radius 1 is 1.19 bits per heavy atom. The van der Waals surface area contributed by atoms with Crippen molar-refractivity contribution < 1.29 is 4.79 Å². The molecule has 0 atom stereocenters. The SMILES string of the molecule is C=C/C(C=O)=C\C=C/C.CNc1ccc(-c2ccccc2)c(NCCn2cncn2)c1. The van der Waals surface area contributed by atoms with Gasteiger partial charge in [0.05, 0.1) is 6.54 Å². The highest BCUT2D eigenvalue weighted by Crippen LogP contribution is 2.30. The molecule has 3 aromatic rings. The van der Waals surface area contributed by atoms with Crippen molar-refractivity contribution in [3.8, 4) is 11.1 Å². The average molecular weight is 416 g/mol. The van der Waals surface area contributed by atoms with Gasteiger partial charge in [-0.1, -0.05) is 67.3 Å². The second-order valence-electron chi connectivity index (χ2n) is 6.48. The maximum Gasteiger partial charge on any atom is 0.150 e. The van der Waals surface area contributed by atoms with E-state index in [1.807, 2.05) is 30.8 Å². The molecule has 1 aromatic heterocycles. The summed E-state index contributed by atoms with van der Waals surface area (Å²) in [5.74, 6) is 0. The smallest absolute Gasteiger partial charge is 0.150 e. The first-order chi connectivity index (χ1) is 15.2. The Morgan fingerprint density at radius 3 is 2.61 bits per heavy atom. The van der Waals surface area contributed by atoms with E-state index in [0.717, 1.165) is 30.8 Å². The molecular formula is C25H29N5O. The average Bonchev–Trinajstić information content (AvgIpc) is 3.34. The first kappa shape index (κ1) is 23.3. The van der Waals surface area contributed by atoms with E-state index in [4.69, 9.17) is 0 Å². The number of nitrogens with one attached hydrogen (secondary N) is 2. The first-order valence-corrected chi connectivity index (χ1v) is 10.1. The Kier molecular flexibility index (Phi) is 10.0. The summed E-state index contributed by atoms with van der Waals surface area (Å²) < 4.78 is 1.82. The minimum absolute atomic E-state index is 0.605. The highest BCUT2D eigenvalue weighted by atomic mass is 16.1. The zero-order valence-corrected chi connectivity index (χ0v) is 18.0. The van der Waals surface area contributed by atoms with E-state index in [1.165, 1.54) is 17.2 Å². The molecule has 160 valence electrons. The third kappa shape index (κ3) is 7.78. The zero-order chi connectivity index (χ0) is 22.3. The molecule has 0 aliphatic carbocycles. The fourth-order valence-electron chi connectivity index (χ4n) is 2.73. The van der Waals surface area contributed by atoms with Crippen molar-refractivity contribution in [3.63, 3.8) is 0 Å². The third-order valence-electron chi connectivity index (χ3n) is 4.37. The highest BCUT2D eigenvalue weighted by Gasteiger charge is 2.06. The predicted octanol–water partition coefficient (Wildman–Crippen LogP) is 4.97. The van der Waals surface area contributed by atoms with Gasteiger partial charge in [0, 0.05) is 36.1 Å². The van der Waals surface area contributed by atoms with Gasteiger partial charge in [-0.25, -0.2) is 4.98 Å². The van der Waals surface area contributed by atoms with Gasteiger partial charge in [0.15, 0.2) is 0 Å². The van der Waals surface area contributed by atoms with Gasteiger partial charge < -0.3 is 10.6 Å². The van der Waals surface area contributed by atoms with E-state index in [0.29, 0.717) is 5.57 Å². The molecule has 0 saturated carbocycles. The van der Waals surface area contributed by atoms with Crippen molar-refractivity contribution in [1.29, 1.82) is 0 Å². The Morgan fingerprint density at radius 2 is 2.00 bits per heavy atom. The van der Waals surface area contributed by atoms with Crippen LogP contribution in [0.15, 0.2) is 97.6 Å². The molecule has 0 spiro atoms. The van der Waals surface area contributed by atoms with Crippen LogP contribution in [-0.2, 0) is 11.3 Å². The van der Waals surface area contributed by atoms with Crippen LogP contribution in [0.25, 0.3) is 11.1 Å². The van der Waals surface area contributed by atoms with Gasteiger partial charge in [0.1, 0.15) is 18.9 Å². The van der Waals surface area contributed by atoms with E-state index < -0.39 is 0 Å². The van der Waals surface area contributed by atoms with Crippen LogP contribution in [0.2, 0.25) is 0 Å². The lowest BCUT2D eigenvalue weighted by Gasteiger charge is -2.14. The van der Waals surface area contributed by atoms with Gasteiger partial charge in [0.2, 0.25) is 0 Å². The van der Waals surface area contributed by atoms with E-state index in [2.05, 4.69) is 69.8 Å². The molecule has 0 saturated heterocycles. The molecule has 6 nitrogen and oxygen atoms in total. The summed E-state index contributed by atoms with van der Waals surface area (Å²) in [5, 5.41) is 10.8. The molecule has 0 radical (unpaired) electrons. The number of hydrogen-bond donors (Lipinski definition) is 2. The first-order valence-electron chi connectivity index (χ1n) is 10.1. The number of hydrogen-bond acceptors (Lipinski definition) is 5. The topological polar surface area (TPSA) is 71.8 Å². The molecule has 0 unspecified atom stereocenters. The summed E-state index contributed by atoms with van der Waals surface area (Å²) >= 11 is 0. The van der Waals surface area contributed by atoms with Gasteiger partial charge in [-0.2, -0.15) is 5.10 Å². The largest absolute Gasteiger partial charge is 0.388 e. The maximum atomic E-state index is 10.1. The molecule has 0 aliphatic rings. The van der Waals surface area contributed by atoms with Crippen molar-refractivity contribution in [1.82, 2.24) is 14.8 Å². The number of nitrogens with zero attached hydrogens (tertiary/aromatic N) is 3. The highest BCUT2D eigenvalue weighted by molar-refractivity contribution is 5.80. The summed E-state index contributed by atoms with van der Waals surface area (Å²) in [6.45, 7) is 6.91. The Labute approximate surface area is 184 Å². The van der Waals surface area contributed by atoms with Crippen LogP contribution in [0.5, 0.6) is 0 Å². The quantitative estimate of drug-likeness (QED) is 0.293. The fraction of sp³-hybridized carbons (Fsp3) is 0.160. The second-order valence-corrected chi connectivity index (χ2v) is 6.48. The lowest BCUT2D eigenvalue weighted by molar-refractivity contribution is -0.104. The summed E-state index contributed by atoms with van der Waals surface area (Å²) in [6.07, 6.45) is 10.9. The summed E-state index contributed by atoms with van der Waals surface area (Å²) in [6, 6.07) is 16.7. The van der Waals surface area contributed by atoms with Gasteiger partial charge in [0.25, 0.3) is 0 Å². The molecule has 2 aromatic carbocycles. The van der Waals surface area contributed by atoms with Crippen molar-refractivity contribution in [2.75, 3.05) is 24.2 Å². The Bertz CT molecular complexity index is 982. The predicted molar refractivity (Wildman–Crippen MR) is 129 cm³/mol. The Hall–Kier alpha value is -3.93. The molecule has 1 heterocycles. The van der Waals surface area contributed by atoms with Crippen LogP contribution in [0.1, 0.15) is 6.92 Å². The molecule has 0 aliphatic heterocycles. The van der Waals surface area contributed by atoms with Crippen molar-refractivity contribution >= 4 is 17.7 Å². The van der Waals surface area contributed by atoms with Gasteiger partial charge in [-0.05, 0) is 24.6 Å². The van der Waals surface area contributed by atoms with Gasteiger partial charge in [-0.15, -0.1) is 0 Å². The number of carbonyl (C=O) groups is 1. The second kappa shape index (κ2) is 13.3. The van der Waals surface area contributed by atoms with Crippen LogP contribution in [0.4, 0.5) is 11.4 Å². The molecule has 2 N–H and O–H groups in total. The van der Waals surface area contributed by atoms with Gasteiger partial charge >= 0.3 is 0 Å². The summed E-state index contributed by atoms with van der Waals surface area (Å²) in [7, 11) is 1.93. The van der Waals surface area contributed by atoms with E-state index in [9.17, 15) is 4.79 Å². The van der Waals surface area contributed by atoms with Crippen LogP contribution in [-0.4, -0.2) is 34.6 Å². The number of anilines is 2. The van der Waals surface area contributed by atoms with Crippen LogP contribution < -0.4 is 10.6 Å². The van der Waals surface area contributed by atoms with E-state index in [-0.39, 0.29) is 0 Å². The monoisotopic (exact) mass is 415 g/mol. The molecule has 31 heavy (non-hydrogen) atoms. The lowest BCUT2D eigenvalue weighted by atomic mass is 10.0. The molecule has 0 fully saturated rings. The molecule has 6 heteroatoms. The molecular weight excluding hydrogens is 386 g/mol. The normalized spacial score (nSPS) is 10.8. The minimum Gasteiger partial charge on any atom is -0.388 e. The summed E-state index contributed by atoms with van der Waals surface area (Å²) in [5.41, 5.74) is 5.20. The number of rotatable bonds is 9. The number of benzene rings is 2. The molecule has 0 amide bonds. The standard InChI is InChI=1S/C17H19N5.C8H10O/c1-18-15-7-8-16(14-5-3-2-4-6-14)17(11-15)20-9-10-22-13-19-12-21-22;1-3-5-6-8(4-2)7-9/h2-8,11-13,18,20H,9-10H2,1H3;3-7H,2H2,1H3/b;5-3-,8-6+. The van der Waals surface area contributed by atoms with E-state index in [1.54, 1.807) is 24.8 Å². The number of aromatic nitrogens is 3. The lowest BCUT2D eigenvalue weighted by Crippen LogP contribution is -2.11. The van der Waals surface area contributed by atoms with Crippen LogP contribution in [0.3, 0.4) is 0 Å². The molecule has 3 rings (SSSR count). The van der Waals surface area contributed by atoms with Crippen molar-refractivity contribution in [2.45, 2.75) is 13.5 Å². The zero-order valence-electron chi connectivity index (χ0n) is 18.0. The van der Waals surface area contributed by atoms with E-state index >= 15 is 0 Å². The van der Waals surface area contributed by atoms with Crippen molar-refractivity contribution in [2.24, 2.45) is 0 Å². The van der Waals surface area contributed by atoms with Crippen molar-refractivity contribution in [3.05, 3.63) is 97.6 Å². The Balaban J connectivity index is 0.000000323. The minimum atomic E-state index is 0.605.